The Morgan fingerprint density at radius 1 is 1.04 bits per heavy atom. The molecule has 0 fully saturated rings. The average molecular weight is 343 g/mol. The lowest BCUT2D eigenvalue weighted by Crippen LogP contribution is -2.30. The maximum Gasteiger partial charge on any atom is 0.243 e. The monoisotopic (exact) mass is 343 g/mol. The SMILES string of the molecule is Cc1ccc(C)c(S(=O)(=O)N(C)[C@H](C)c2cc3ccccc3o2)c1. The zero-order valence-corrected chi connectivity index (χ0v) is 15.1. The van der Waals surface area contributed by atoms with Crippen molar-refractivity contribution in [3.8, 4) is 0 Å². The van der Waals surface area contributed by atoms with Gasteiger partial charge >= 0.3 is 0 Å². The molecule has 0 aliphatic rings. The number of rotatable bonds is 4. The molecule has 0 amide bonds. The Kier molecular flexibility index (Phi) is 4.24. The molecule has 0 N–H and O–H groups in total. The summed E-state index contributed by atoms with van der Waals surface area (Å²) in [6.07, 6.45) is 0. The third-order valence-electron chi connectivity index (χ3n) is 4.40. The van der Waals surface area contributed by atoms with E-state index >= 15 is 0 Å². The first-order valence-corrected chi connectivity index (χ1v) is 9.28. The Morgan fingerprint density at radius 2 is 1.75 bits per heavy atom. The molecule has 0 aliphatic carbocycles. The van der Waals surface area contributed by atoms with Crippen molar-refractivity contribution >= 4 is 21.0 Å². The number of hydrogen-bond acceptors (Lipinski definition) is 3. The van der Waals surface area contributed by atoms with Gasteiger partial charge in [-0.15, -0.1) is 0 Å². The zero-order chi connectivity index (χ0) is 17.5. The second-order valence-electron chi connectivity index (χ2n) is 6.15. The fourth-order valence-electron chi connectivity index (χ4n) is 2.74. The summed E-state index contributed by atoms with van der Waals surface area (Å²) >= 11 is 0. The Labute approximate surface area is 142 Å². The van der Waals surface area contributed by atoms with Crippen molar-refractivity contribution < 1.29 is 12.8 Å². The largest absolute Gasteiger partial charge is 0.459 e. The highest BCUT2D eigenvalue weighted by Crippen LogP contribution is 2.31. The van der Waals surface area contributed by atoms with E-state index in [4.69, 9.17) is 4.42 Å². The maximum atomic E-state index is 13.0. The van der Waals surface area contributed by atoms with Gasteiger partial charge in [-0.2, -0.15) is 4.31 Å². The summed E-state index contributed by atoms with van der Waals surface area (Å²) in [6.45, 7) is 5.54. The van der Waals surface area contributed by atoms with Crippen LogP contribution in [0.25, 0.3) is 11.0 Å². The molecule has 1 heterocycles. The number of hydrogen-bond donors (Lipinski definition) is 0. The van der Waals surface area contributed by atoms with Crippen LogP contribution in [0.5, 0.6) is 0 Å². The predicted molar refractivity (Wildman–Crippen MR) is 95.5 cm³/mol. The van der Waals surface area contributed by atoms with Gasteiger partial charge in [0.05, 0.1) is 10.9 Å². The van der Waals surface area contributed by atoms with Gasteiger partial charge in [0.1, 0.15) is 11.3 Å². The zero-order valence-electron chi connectivity index (χ0n) is 14.3. The number of sulfonamides is 1. The van der Waals surface area contributed by atoms with Crippen LogP contribution in [-0.4, -0.2) is 19.8 Å². The maximum absolute atomic E-state index is 13.0. The molecule has 0 unspecified atom stereocenters. The number of benzene rings is 2. The highest BCUT2D eigenvalue weighted by atomic mass is 32.2. The summed E-state index contributed by atoms with van der Waals surface area (Å²) in [5, 5.41) is 0.969. The second kappa shape index (κ2) is 6.07. The molecule has 0 saturated carbocycles. The third-order valence-corrected chi connectivity index (χ3v) is 6.47. The third kappa shape index (κ3) is 2.85. The van der Waals surface area contributed by atoms with E-state index in [1.807, 2.05) is 63.2 Å². The molecule has 0 radical (unpaired) electrons. The molecule has 4 nitrogen and oxygen atoms in total. The smallest absolute Gasteiger partial charge is 0.243 e. The number of fused-ring (bicyclic) bond motifs is 1. The van der Waals surface area contributed by atoms with Crippen molar-refractivity contribution in [1.29, 1.82) is 0 Å². The Morgan fingerprint density at radius 3 is 2.46 bits per heavy atom. The van der Waals surface area contributed by atoms with Gasteiger partial charge in [-0.25, -0.2) is 8.42 Å². The molecule has 5 heteroatoms. The van der Waals surface area contributed by atoms with E-state index < -0.39 is 16.1 Å². The topological polar surface area (TPSA) is 50.5 Å². The average Bonchev–Trinajstić information content (AvgIpc) is 2.99. The van der Waals surface area contributed by atoms with E-state index in [1.54, 1.807) is 13.1 Å². The molecule has 0 spiro atoms. The van der Waals surface area contributed by atoms with Crippen molar-refractivity contribution in [2.24, 2.45) is 0 Å². The Balaban J connectivity index is 2.00. The van der Waals surface area contributed by atoms with Crippen molar-refractivity contribution in [2.75, 3.05) is 7.05 Å². The van der Waals surface area contributed by atoms with Gasteiger partial charge in [0.15, 0.2) is 0 Å². The van der Waals surface area contributed by atoms with E-state index in [0.717, 1.165) is 22.1 Å². The number of nitrogens with zero attached hydrogens (tertiary/aromatic N) is 1. The van der Waals surface area contributed by atoms with Crippen LogP contribution in [0.15, 0.2) is 57.8 Å². The van der Waals surface area contributed by atoms with E-state index in [1.165, 1.54) is 4.31 Å². The summed E-state index contributed by atoms with van der Waals surface area (Å²) in [5.74, 6) is 0.632. The van der Waals surface area contributed by atoms with Gasteiger partial charge in [-0.05, 0) is 50.1 Å². The van der Waals surface area contributed by atoms with Crippen molar-refractivity contribution in [1.82, 2.24) is 4.31 Å². The van der Waals surface area contributed by atoms with Gasteiger partial charge in [-0.3, -0.25) is 0 Å². The van der Waals surface area contributed by atoms with Gasteiger partial charge < -0.3 is 4.42 Å². The standard InChI is InChI=1S/C19H21NO3S/c1-13-9-10-14(2)19(11-13)24(21,22)20(4)15(3)18-12-16-7-5-6-8-17(16)23-18/h5-12,15H,1-4H3/t15-/m1/s1. The van der Waals surface area contributed by atoms with Crippen molar-refractivity contribution in [2.45, 2.75) is 31.7 Å². The summed E-state index contributed by atoms with van der Waals surface area (Å²) in [7, 11) is -2.01. The Bertz CT molecular complexity index is 956. The van der Waals surface area contributed by atoms with Crippen LogP contribution in [-0.2, 0) is 10.0 Å². The molecule has 126 valence electrons. The van der Waals surface area contributed by atoms with Gasteiger partial charge in [0.2, 0.25) is 10.0 Å². The summed E-state index contributed by atoms with van der Waals surface area (Å²) < 4.78 is 33.2. The molecule has 0 bridgehead atoms. The normalized spacial score (nSPS) is 13.5. The molecule has 0 aliphatic heterocycles. The quantitative estimate of drug-likeness (QED) is 0.704. The summed E-state index contributed by atoms with van der Waals surface area (Å²) in [4.78, 5) is 0.341. The minimum Gasteiger partial charge on any atom is -0.459 e. The van der Waals surface area contributed by atoms with Crippen LogP contribution in [0.1, 0.15) is 29.9 Å². The Hall–Kier alpha value is -2.11. The first kappa shape index (κ1) is 16.7. The lowest BCUT2D eigenvalue weighted by Gasteiger charge is -2.23. The number of furan rings is 1. The first-order valence-electron chi connectivity index (χ1n) is 7.84. The second-order valence-corrected chi connectivity index (χ2v) is 8.12. The lowest BCUT2D eigenvalue weighted by molar-refractivity contribution is 0.348. The van der Waals surface area contributed by atoms with Crippen molar-refractivity contribution in [3.63, 3.8) is 0 Å². The highest BCUT2D eigenvalue weighted by Gasteiger charge is 2.29. The van der Waals surface area contributed by atoms with Crippen molar-refractivity contribution in [3.05, 3.63) is 65.4 Å². The minimum atomic E-state index is -3.60. The fraction of sp³-hybridized carbons (Fsp3) is 0.263. The molecular formula is C19H21NO3S. The molecular weight excluding hydrogens is 322 g/mol. The number of para-hydroxylation sites is 1. The molecule has 1 atom stereocenters. The van der Waals surface area contributed by atoms with Crippen LogP contribution in [0.3, 0.4) is 0 Å². The van der Waals surface area contributed by atoms with E-state index in [-0.39, 0.29) is 0 Å². The molecule has 24 heavy (non-hydrogen) atoms. The first-order chi connectivity index (χ1) is 11.3. The van der Waals surface area contributed by atoms with Crippen LogP contribution >= 0.6 is 0 Å². The fourth-order valence-corrected chi connectivity index (χ4v) is 4.38. The molecule has 3 rings (SSSR count). The van der Waals surface area contributed by atoms with E-state index in [0.29, 0.717) is 10.7 Å². The molecule has 1 aromatic heterocycles. The van der Waals surface area contributed by atoms with Crippen LogP contribution in [0, 0.1) is 13.8 Å². The van der Waals surface area contributed by atoms with E-state index in [2.05, 4.69) is 0 Å². The van der Waals surface area contributed by atoms with Crippen LogP contribution in [0.2, 0.25) is 0 Å². The molecule has 3 aromatic rings. The summed E-state index contributed by atoms with van der Waals surface area (Å²) in [6, 6.07) is 14.6. The lowest BCUT2D eigenvalue weighted by atomic mass is 10.2. The van der Waals surface area contributed by atoms with Gasteiger partial charge in [0, 0.05) is 12.4 Å². The van der Waals surface area contributed by atoms with Crippen LogP contribution in [0.4, 0.5) is 0 Å². The molecule has 2 aromatic carbocycles. The van der Waals surface area contributed by atoms with Crippen LogP contribution < -0.4 is 0 Å². The highest BCUT2D eigenvalue weighted by molar-refractivity contribution is 7.89. The minimum absolute atomic E-state index is 0.341. The van der Waals surface area contributed by atoms with Gasteiger partial charge in [0.25, 0.3) is 0 Å². The summed E-state index contributed by atoms with van der Waals surface area (Å²) in [5.41, 5.74) is 2.42. The van der Waals surface area contributed by atoms with Gasteiger partial charge in [-0.1, -0.05) is 30.3 Å². The predicted octanol–water partition coefficient (Wildman–Crippen LogP) is 4.43. The number of aryl methyl sites for hydroxylation is 2. The van der Waals surface area contributed by atoms with E-state index in [9.17, 15) is 8.42 Å². The molecule has 0 saturated heterocycles.